The highest BCUT2D eigenvalue weighted by Crippen LogP contribution is 2.04. The standard InChI is InChI=1S/C15H21NO3/c17-15(11-14-12-18-10-8-16-14)19-9-4-7-13-5-2-1-3-6-13/h1-3,5-6,14,16H,4,7-12H2. The van der Waals surface area contributed by atoms with Gasteiger partial charge in [-0.15, -0.1) is 0 Å². The monoisotopic (exact) mass is 263 g/mol. The molecule has 0 radical (unpaired) electrons. The number of carbonyl (C=O) groups is 1. The first-order valence-corrected chi connectivity index (χ1v) is 6.85. The number of esters is 1. The molecule has 1 aromatic carbocycles. The second kappa shape index (κ2) is 7.92. The molecule has 1 aliphatic rings. The van der Waals surface area contributed by atoms with Gasteiger partial charge >= 0.3 is 5.97 Å². The second-order valence-corrected chi connectivity index (χ2v) is 4.74. The quantitative estimate of drug-likeness (QED) is 0.625. The van der Waals surface area contributed by atoms with Crippen molar-refractivity contribution < 1.29 is 14.3 Å². The van der Waals surface area contributed by atoms with Crippen LogP contribution in [0, 0.1) is 0 Å². The molecule has 1 fully saturated rings. The minimum atomic E-state index is -0.143. The van der Waals surface area contributed by atoms with Gasteiger partial charge in [0.05, 0.1) is 26.2 Å². The molecule has 0 bridgehead atoms. The third kappa shape index (κ3) is 5.41. The van der Waals surface area contributed by atoms with Crippen molar-refractivity contribution in [2.24, 2.45) is 0 Å². The van der Waals surface area contributed by atoms with Gasteiger partial charge in [0.2, 0.25) is 0 Å². The Morgan fingerprint density at radius 1 is 1.37 bits per heavy atom. The first-order chi connectivity index (χ1) is 9.34. The number of hydrogen-bond acceptors (Lipinski definition) is 4. The van der Waals surface area contributed by atoms with Crippen molar-refractivity contribution in [2.75, 3.05) is 26.4 Å². The average molecular weight is 263 g/mol. The smallest absolute Gasteiger partial charge is 0.307 e. The maximum atomic E-state index is 11.6. The van der Waals surface area contributed by atoms with Gasteiger partial charge in [-0.2, -0.15) is 0 Å². The lowest BCUT2D eigenvalue weighted by Crippen LogP contribution is -2.42. The van der Waals surface area contributed by atoms with Crippen LogP contribution in [0.5, 0.6) is 0 Å². The van der Waals surface area contributed by atoms with Crippen LogP contribution in [-0.2, 0) is 20.7 Å². The summed E-state index contributed by atoms with van der Waals surface area (Å²) in [5.74, 6) is -0.143. The molecule has 1 aliphatic heterocycles. The van der Waals surface area contributed by atoms with Gasteiger partial charge < -0.3 is 14.8 Å². The van der Waals surface area contributed by atoms with Crippen LogP contribution in [0.1, 0.15) is 18.4 Å². The van der Waals surface area contributed by atoms with Crippen LogP contribution in [0.4, 0.5) is 0 Å². The van der Waals surface area contributed by atoms with E-state index in [9.17, 15) is 4.79 Å². The zero-order chi connectivity index (χ0) is 13.3. The molecule has 1 atom stereocenters. The van der Waals surface area contributed by atoms with E-state index in [1.807, 2.05) is 18.2 Å². The highest BCUT2D eigenvalue weighted by atomic mass is 16.5. The van der Waals surface area contributed by atoms with E-state index >= 15 is 0 Å². The van der Waals surface area contributed by atoms with Crippen molar-refractivity contribution in [2.45, 2.75) is 25.3 Å². The lowest BCUT2D eigenvalue weighted by molar-refractivity contribution is -0.145. The van der Waals surface area contributed by atoms with E-state index in [4.69, 9.17) is 9.47 Å². The van der Waals surface area contributed by atoms with E-state index in [0.717, 1.165) is 26.0 Å². The lowest BCUT2D eigenvalue weighted by Gasteiger charge is -2.22. The van der Waals surface area contributed by atoms with Crippen molar-refractivity contribution >= 4 is 5.97 Å². The number of ether oxygens (including phenoxy) is 2. The second-order valence-electron chi connectivity index (χ2n) is 4.74. The fourth-order valence-electron chi connectivity index (χ4n) is 2.12. The van der Waals surface area contributed by atoms with E-state index in [1.54, 1.807) is 0 Å². The van der Waals surface area contributed by atoms with Gasteiger partial charge in [-0.05, 0) is 18.4 Å². The minimum Gasteiger partial charge on any atom is -0.466 e. The number of benzene rings is 1. The molecule has 0 saturated carbocycles. The third-order valence-corrected chi connectivity index (χ3v) is 3.13. The molecule has 1 heterocycles. The molecule has 19 heavy (non-hydrogen) atoms. The van der Waals surface area contributed by atoms with Crippen LogP contribution in [-0.4, -0.2) is 38.4 Å². The normalized spacial score (nSPS) is 19.1. The Kier molecular flexibility index (Phi) is 5.85. The predicted octanol–water partition coefficient (Wildman–Crippen LogP) is 1.54. The van der Waals surface area contributed by atoms with Gasteiger partial charge in [-0.1, -0.05) is 30.3 Å². The van der Waals surface area contributed by atoms with Crippen molar-refractivity contribution in [3.05, 3.63) is 35.9 Å². The van der Waals surface area contributed by atoms with Gasteiger partial charge in [-0.25, -0.2) is 0 Å². The molecule has 0 aromatic heterocycles. The molecule has 104 valence electrons. The Bertz CT molecular complexity index is 374. The average Bonchev–Trinajstić information content (AvgIpc) is 2.46. The molecule has 2 rings (SSSR count). The van der Waals surface area contributed by atoms with E-state index in [-0.39, 0.29) is 12.0 Å². The molecular formula is C15H21NO3. The van der Waals surface area contributed by atoms with Gasteiger partial charge in [0.15, 0.2) is 0 Å². The summed E-state index contributed by atoms with van der Waals surface area (Å²) >= 11 is 0. The van der Waals surface area contributed by atoms with E-state index in [1.165, 1.54) is 5.56 Å². The number of morpholine rings is 1. The minimum absolute atomic E-state index is 0.107. The molecule has 1 unspecified atom stereocenters. The summed E-state index contributed by atoms with van der Waals surface area (Å²) < 4.78 is 10.5. The topological polar surface area (TPSA) is 47.6 Å². The van der Waals surface area contributed by atoms with Crippen LogP contribution in [0.15, 0.2) is 30.3 Å². The third-order valence-electron chi connectivity index (χ3n) is 3.13. The van der Waals surface area contributed by atoms with Crippen LogP contribution in [0.3, 0.4) is 0 Å². The summed E-state index contributed by atoms with van der Waals surface area (Å²) in [6, 6.07) is 10.3. The van der Waals surface area contributed by atoms with Crippen molar-refractivity contribution in [1.82, 2.24) is 5.32 Å². The number of nitrogens with one attached hydrogen (secondary N) is 1. The fraction of sp³-hybridized carbons (Fsp3) is 0.533. The molecule has 1 aromatic rings. The van der Waals surface area contributed by atoms with Gasteiger partial charge in [0.25, 0.3) is 0 Å². The first-order valence-electron chi connectivity index (χ1n) is 6.85. The Morgan fingerprint density at radius 2 is 2.21 bits per heavy atom. The maximum Gasteiger partial charge on any atom is 0.307 e. The Labute approximate surface area is 114 Å². The van der Waals surface area contributed by atoms with Crippen LogP contribution < -0.4 is 5.32 Å². The van der Waals surface area contributed by atoms with Crippen molar-refractivity contribution in [3.63, 3.8) is 0 Å². The van der Waals surface area contributed by atoms with Crippen LogP contribution >= 0.6 is 0 Å². The molecule has 4 heteroatoms. The number of carbonyl (C=O) groups excluding carboxylic acids is 1. The van der Waals surface area contributed by atoms with E-state index in [2.05, 4.69) is 17.4 Å². The van der Waals surface area contributed by atoms with Gasteiger partial charge in [0, 0.05) is 12.6 Å². The molecule has 1 saturated heterocycles. The zero-order valence-electron chi connectivity index (χ0n) is 11.1. The van der Waals surface area contributed by atoms with Gasteiger partial charge in [-0.3, -0.25) is 4.79 Å². The molecule has 0 spiro atoms. The summed E-state index contributed by atoms with van der Waals surface area (Å²) in [6.45, 7) is 2.62. The maximum absolute atomic E-state index is 11.6. The van der Waals surface area contributed by atoms with Crippen LogP contribution in [0.25, 0.3) is 0 Å². The number of aryl methyl sites for hydroxylation is 1. The SMILES string of the molecule is O=C(CC1COCCN1)OCCCc1ccccc1. The Morgan fingerprint density at radius 3 is 2.95 bits per heavy atom. The molecule has 0 amide bonds. The summed E-state index contributed by atoms with van der Waals surface area (Å²) in [5, 5.41) is 3.24. The fourth-order valence-corrected chi connectivity index (χ4v) is 2.12. The van der Waals surface area contributed by atoms with Gasteiger partial charge in [0.1, 0.15) is 0 Å². The number of rotatable bonds is 6. The summed E-state index contributed by atoms with van der Waals surface area (Å²) in [6.07, 6.45) is 2.20. The molecular weight excluding hydrogens is 242 g/mol. The zero-order valence-corrected chi connectivity index (χ0v) is 11.1. The van der Waals surface area contributed by atoms with Crippen LogP contribution in [0.2, 0.25) is 0 Å². The summed E-state index contributed by atoms with van der Waals surface area (Å²) in [5.41, 5.74) is 1.28. The highest BCUT2D eigenvalue weighted by molar-refractivity contribution is 5.70. The largest absolute Gasteiger partial charge is 0.466 e. The molecule has 0 aliphatic carbocycles. The first kappa shape index (κ1) is 14.0. The van der Waals surface area contributed by atoms with Crippen molar-refractivity contribution in [3.8, 4) is 0 Å². The van der Waals surface area contributed by atoms with E-state index in [0.29, 0.717) is 19.6 Å². The number of hydrogen-bond donors (Lipinski definition) is 1. The summed E-state index contributed by atoms with van der Waals surface area (Å²) in [4.78, 5) is 11.6. The summed E-state index contributed by atoms with van der Waals surface area (Å²) in [7, 11) is 0. The Balaban J connectivity index is 1.56. The highest BCUT2D eigenvalue weighted by Gasteiger charge is 2.17. The molecule has 4 nitrogen and oxygen atoms in total. The van der Waals surface area contributed by atoms with E-state index < -0.39 is 0 Å². The molecule has 1 N–H and O–H groups in total. The lowest BCUT2D eigenvalue weighted by atomic mass is 10.1. The van der Waals surface area contributed by atoms with Crippen molar-refractivity contribution in [1.29, 1.82) is 0 Å². The predicted molar refractivity (Wildman–Crippen MR) is 72.9 cm³/mol. The Hall–Kier alpha value is -1.39.